The summed E-state index contributed by atoms with van der Waals surface area (Å²) in [5.74, 6) is 0.594. The van der Waals surface area contributed by atoms with Crippen LogP contribution in [0.5, 0.6) is 0 Å². The summed E-state index contributed by atoms with van der Waals surface area (Å²) < 4.78 is 0. The van der Waals surface area contributed by atoms with E-state index < -0.39 is 0 Å². The zero-order valence-electron chi connectivity index (χ0n) is 13.6. The number of aromatic nitrogens is 2. The van der Waals surface area contributed by atoms with E-state index in [1.54, 1.807) is 6.20 Å². The molecule has 2 heterocycles. The van der Waals surface area contributed by atoms with Crippen LogP contribution in [0.15, 0.2) is 54.7 Å². The molecule has 0 bridgehead atoms. The summed E-state index contributed by atoms with van der Waals surface area (Å²) in [6, 6.07) is 16.6. The maximum atomic E-state index is 12.7. The second-order valence-electron chi connectivity index (χ2n) is 6.55. The summed E-state index contributed by atoms with van der Waals surface area (Å²) in [4.78, 5) is 14.7. The van der Waals surface area contributed by atoms with Gasteiger partial charge in [-0.25, -0.2) is 0 Å². The smallest absolute Gasteiger partial charge is 0.227 e. The van der Waals surface area contributed by atoms with Gasteiger partial charge in [0.25, 0.3) is 0 Å². The van der Waals surface area contributed by atoms with Crippen LogP contribution in [-0.4, -0.2) is 34.1 Å². The van der Waals surface area contributed by atoms with Crippen LogP contribution in [0.4, 0.5) is 0 Å². The Morgan fingerprint density at radius 1 is 1.17 bits per heavy atom. The van der Waals surface area contributed by atoms with Crippen molar-refractivity contribution in [1.29, 1.82) is 0 Å². The van der Waals surface area contributed by atoms with Crippen molar-refractivity contribution in [3.05, 3.63) is 66.0 Å². The van der Waals surface area contributed by atoms with E-state index in [-0.39, 0.29) is 5.91 Å². The van der Waals surface area contributed by atoms with E-state index in [1.807, 2.05) is 23.1 Å². The maximum absolute atomic E-state index is 12.7. The minimum atomic E-state index is 0.217. The average Bonchev–Trinajstić information content (AvgIpc) is 3.16. The maximum Gasteiger partial charge on any atom is 0.227 e. The predicted molar refractivity (Wildman–Crippen MR) is 94.8 cm³/mol. The fourth-order valence-corrected chi connectivity index (χ4v) is 3.59. The third-order valence-electron chi connectivity index (χ3n) is 4.91. The number of nitrogens with one attached hydrogen (secondary N) is 1. The highest BCUT2D eigenvalue weighted by molar-refractivity contribution is 5.85. The molecule has 4 rings (SSSR count). The summed E-state index contributed by atoms with van der Waals surface area (Å²) >= 11 is 0. The first-order valence-electron chi connectivity index (χ1n) is 8.54. The van der Waals surface area contributed by atoms with Gasteiger partial charge in [0.05, 0.1) is 6.42 Å². The molecule has 1 unspecified atom stereocenters. The summed E-state index contributed by atoms with van der Waals surface area (Å²) in [6.45, 7) is 1.64. The molecule has 2 aromatic carbocycles. The first-order valence-corrected chi connectivity index (χ1v) is 8.54. The van der Waals surface area contributed by atoms with Crippen molar-refractivity contribution < 1.29 is 4.79 Å². The molecular formula is C20H21N3O. The van der Waals surface area contributed by atoms with Gasteiger partial charge in [-0.1, -0.05) is 42.5 Å². The minimum Gasteiger partial charge on any atom is -0.342 e. The highest BCUT2D eigenvalue weighted by atomic mass is 16.2. The third kappa shape index (κ3) is 3.04. The number of amides is 1. The monoisotopic (exact) mass is 319 g/mol. The number of carbonyl (C=O) groups excluding carboxylic acids is 1. The molecule has 4 heteroatoms. The van der Waals surface area contributed by atoms with Gasteiger partial charge in [0, 0.05) is 30.9 Å². The van der Waals surface area contributed by atoms with Gasteiger partial charge in [0.1, 0.15) is 0 Å². The molecule has 1 aliphatic rings. The molecule has 1 N–H and O–H groups in total. The second kappa shape index (κ2) is 6.48. The van der Waals surface area contributed by atoms with E-state index >= 15 is 0 Å². The molecule has 0 aliphatic carbocycles. The van der Waals surface area contributed by atoms with E-state index in [2.05, 4.69) is 40.5 Å². The van der Waals surface area contributed by atoms with Gasteiger partial charge in [-0.05, 0) is 35.2 Å². The van der Waals surface area contributed by atoms with Crippen LogP contribution < -0.4 is 0 Å². The number of carbonyl (C=O) groups is 1. The van der Waals surface area contributed by atoms with Gasteiger partial charge in [-0.15, -0.1) is 0 Å². The summed E-state index contributed by atoms with van der Waals surface area (Å²) in [6.07, 6.45) is 4.42. The molecule has 24 heavy (non-hydrogen) atoms. The zero-order valence-corrected chi connectivity index (χ0v) is 13.6. The van der Waals surface area contributed by atoms with E-state index in [9.17, 15) is 4.79 Å². The van der Waals surface area contributed by atoms with Gasteiger partial charge in [-0.3, -0.25) is 9.89 Å². The number of rotatable bonds is 3. The highest BCUT2D eigenvalue weighted by Gasteiger charge is 2.25. The van der Waals surface area contributed by atoms with Gasteiger partial charge in [0.2, 0.25) is 5.91 Å². The molecule has 1 aliphatic heterocycles. The lowest BCUT2D eigenvalue weighted by Crippen LogP contribution is -2.40. The summed E-state index contributed by atoms with van der Waals surface area (Å²) in [5.41, 5.74) is 2.22. The van der Waals surface area contributed by atoms with Gasteiger partial charge >= 0.3 is 0 Å². The zero-order chi connectivity index (χ0) is 16.4. The van der Waals surface area contributed by atoms with Crippen molar-refractivity contribution in [2.24, 2.45) is 0 Å². The Morgan fingerprint density at radius 2 is 2.04 bits per heavy atom. The van der Waals surface area contributed by atoms with E-state index in [4.69, 9.17) is 0 Å². The summed E-state index contributed by atoms with van der Waals surface area (Å²) in [5, 5.41) is 9.49. The Hall–Kier alpha value is -2.62. The van der Waals surface area contributed by atoms with E-state index in [1.165, 1.54) is 10.8 Å². The Balaban J connectivity index is 1.46. The largest absolute Gasteiger partial charge is 0.342 e. The number of hydrogen-bond donors (Lipinski definition) is 1. The molecule has 0 saturated carbocycles. The van der Waals surface area contributed by atoms with Crippen LogP contribution in [0.1, 0.15) is 30.0 Å². The van der Waals surface area contributed by atoms with Crippen molar-refractivity contribution in [1.82, 2.24) is 15.1 Å². The van der Waals surface area contributed by atoms with Gasteiger partial charge in [-0.2, -0.15) is 5.10 Å². The summed E-state index contributed by atoms with van der Waals surface area (Å²) in [7, 11) is 0. The number of hydrogen-bond acceptors (Lipinski definition) is 2. The van der Waals surface area contributed by atoms with Gasteiger partial charge < -0.3 is 4.90 Å². The van der Waals surface area contributed by atoms with Crippen LogP contribution >= 0.6 is 0 Å². The first-order chi connectivity index (χ1) is 11.8. The molecule has 1 fully saturated rings. The van der Waals surface area contributed by atoms with Crippen LogP contribution in [0.3, 0.4) is 0 Å². The molecule has 4 nitrogen and oxygen atoms in total. The topological polar surface area (TPSA) is 49.0 Å². The van der Waals surface area contributed by atoms with Crippen LogP contribution in [0.25, 0.3) is 10.8 Å². The van der Waals surface area contributed by atoms with Gasteiger partial charge in [0.15, 0.2) is 0 Å². The first kappa shape index (κ1) is 14.9. The Morgan fingerprint density at radius 3 is 2.88 bits per heavy atom. The molecule has 1 amide bonds. The van der Waals surface area contributed by atoms with E-state index in [0.29, 0.717) is 12.3 Å². The van der Waals surface area contributed by atoms with Crippen molar-refractivity contribution in [2.75, 3.05) is 13.1 Å². The van der Waals surface area contributed by atoms with Crippen LogP contribution in [0, 0.1) is 0 Å². The lowest BCUT2D eigenvalue weighted by Gasteiger charge is -2.32. The molecular weight excluding hydrogens is 298 g/mol. The Labute approximate surface area is 141 Å². The number of fused-ring (bicyclic) bond motifs is 1. The number of benzene rings is 2. The molecule has 0 radical (unpaired) electrons. The number of likely N-dealkylation sites (tertiary alicyclic amines) is 1. The predicted octanol–water partition coefficient (Wildman–Crippen LogP) is 3.51. The lowest BCUT2D eigenvalue weighted by molar-refractivity contribution is -0.131. The fourth-order valence-electron chi connectivity index (χ4n) is 3.59. The minimum absolute atomic E-state index is 0.217. The molecule has 1 aromatic heterocycles. The number of piperidine rings is 1. The molecule has 0 spiro atoms. The second-order valence-corrected chi connectivity index (χ2v) is 6.55. The Kier molecular flexibility index (Phi) is 4.03. The quantitative estimate of drug-likeness (QED) is 0.803. The number of nitrogens with zero attached hydrogens (tertiary/aromatic N) is 2. The molecule has 1 saturated heterocycles. The van der Waals surface area contributed by atoms with E-state index in [0.717, 1.165) is 37.2 Å². The standard InChI is InChI=1S/C20H21N3O/c24-20(13-15-7-8-16-4-1-2-5-17(16)12-15)23-11-3-6-18(14-23)19-9-10-21-22-19/h1-2,4-5,7-10,12,18H,3,6,11,13-14H2,(H,21,22). The number of H-pyrrole nitrogens is 1. The molecule has 3 aromatic rings. The van der Waals surface area contributed by atoms with Crippen molar-refractivity contribution in [2.45, 2.75) is 25.2 Å². The SMILES string of the molecule is O=C(Cc1ccc2ccccc2c1)N1CCCC(c2ccn[nH]2)C1. The average molecular weight is 319 g/mol. The third-order valence-corrected chi connectivity index (χ3v) is 4.91. The lowest BCUT2D eigenvalue weighted by atomic mass is 9.94. The number of aromatic amines is 1. The van der Waals surface area contributed by atoms with Crippen molar-refractivity contribution in [3.8, 4) is 0 Å². The normalized spacial score (nSPS) is 18.0. The van der Waals surface area contributed by atoms with Crippen molar-refractivity contribution in [3.63, 3.8) is 0 Å². The molecule has 1 atom stereocenters. The fraction of sp³-hybridized carbons (Fsp3) is 0.300. The Bertz CT molecular complexity index is 841. The van der Waals surface area contributed by atoms with Crippen LogP contribution in [0.2, 0.25) is 0 Å². The molecule has 122 valence electrons. The van der Waals surface area contributed by atoms with Crippen LogP contribution in [-0.2, 0) is 11.2 Å². The van der Waals surface area contributed by atoms with Crippen molar-refractivity contribution >= 4 is 16.7 Å². The highest BCUT2D eigenvalue weighted by Crippen LogP contribution is 2.26.